The van der Waals surface area contributed by atoms with Crippen molar-refractivity contribution in [2.45, 2.75) is 19.0 Å². The van der Waals surface area contributed by atoms with Crippen LogP contribution in [0, 0.1) is 17.1 Å². The molecule has 1 unspecified atom stereocenters. The first kappa shape index (κ1) is 19.7. The van der Waals surface area contributed by atoms with Crippen LogP contribution in [-0.4, -0.2) is 47.5 Å². The fraction of sp³-hybridized carbons (Fsp3) is 0.263. The van der Waals surface area contributed by atoms with Gasteiger partial charge in [-0.05, 0) is 25.1 Å². The van der Waals surface area contributed by atoms with Crippen LogP contribution < -0.4 is 5.32 Å². The minimum Gasteiger partial charge on any atom is -0.382 e. The molecule has 0 radical (unpaired) electrons. The van der Waals surface area contributed by atoms with E-state index in [9.17, 15) is 14.0 Å². The van der Waals surface area contributed by atoms with Crippen LogP contribution in [0.3, 0.4) is 0 Å². The second-order valence-electron chi connectivity index (χ2n) is 6.24. The summed E-state index contributed by atoms with van der Waals surface area (Å²) in [6.45, 7) is 1.72. The summed E-state index contributed by atoms with van der Waals surface area (Å²) in [6.07, 6.45) is 0. The molecule has 0 fully saturated rings. The quantitative estimate of drug-likeness (QED) is 0.589. The summed E-state index contributed by atoms with van der Waals surface area (Å²) in [4.78, 5) is 30.4. The molecule has 3 rings (SSSR count). The number of benzene rings is 1. The first-order chi connectivity index (χ1) is 13.4. The smallest absolute Gasteiger partial charge is 0.261 e. The molecule has 0 saturated heterocycles. The minimum atomic E-state index is -0.781. The lowest BCUT2D eigenvalue weighted by Gasteiger charge is -2.31. The molecule has 0 saturated carbocycles. The van der Waals surface area contributed by atoms with Gasteiger partial charge < -0.3 is 10.1 Å². The van der Waals surface area contributed by atoms with Gasteiger partial charge in [0, 0.05) is 7.11 Å². The van der Waals surface area contributed by atoms with Gasteiger partial charge in [0.25, 0.3) is 11.8 Å². The standard InChI is InChI=1S/C19H16ClFN4O3/c1-10(25-18(26)12-5-3-4-6-13(12)19(25)27)15(9-28-2)23-17-14(21)7-11(8-22)16(20)24-17/h3-7,10,15H,9H2,1-2H3,(H,23,24)/t10-,15?/m0/s1. The normalized spacial score (nSPS) is 15.2. The van der Waals surface area contributed by atoms with Crippen LogP contribution >= 0.6 is 11.6 Å². The molecule has 7 nitrogen and oxygen atoms in total. The van der Waals surface area contributed by atoms with Crippen LogP contribution in [0.15, 0.2) is 30.3 Å². The van der Waals surface area contributed by atoms with Gasteiger partial charge in [-0.15, -0.1) is 0 Å². The van der Waals surface area contributed by atoms with Gasteiger partial charge in [0.05, 0.1) is 35.4 Å². The molecule has 1 aromatic heterocycles. The van der Waals surface area contributed by atoms with Gasteiger partial charge in [0.1, 0.15) is 11.2 Å². The highest BCUT2D eigenvalue weighted by atomic mass is 35.5. The van der Waals surface area contributed by atoms with Crippen molar-refractivity contribution in [1.82, 2.24) is 9.88 Å². The Kier molecular flexibility index (Phi) is 5.58. The third kappa shape index (κ3) is 3.42. The van der Waals surface area contributed by atoms with Crippen LogP contribution in [0.4, 0.5) is 10.2 Å². The number of methoxy groups -OCH3 is 1. The molecule has 2 aromatic rings. The van der Waals surface area contributed by atoms with Crippen LogP contribution in [-0.2, 0) is 4.74 Å². The Morgan fingerprint density at radius 2 is 1.93 bits per heavy atom. The number of fused-ring (bicyclic) bond motifs is 1. The van der Waals surface area contributed by atoms with Gasteiger partial charge in [0.15, 0.2) is 11.6 Å². The summed E-state index contributed by atoms with van der Waals surface area (Å²) >= 11 is 5.89. The lowest BCUT2D eigenvalue weighted by Crippen LogP contribution is -2.50. The Hall–Kier alpha value is -3.02. The molecule has 1 aromatic carbocycles. The van der Waals surface area contributed by atoms with E-state index in [1.54, 1.807) is 37.3 Å². The molecule has 2 atom stereocenters. The maximum absolute atomic E-state index is 14.3. The highest BCUT2D eigenvalue weighted by Gasteiger charge is 2.41. The number of aromatic nitrogens is 1. The van der Waals surface area contributed by atoms with Gasteiger partial charge in [-0.25, -0.2) is 9.37 Å². The molecule has 9 heteroatoms. The second-order valence-corrected chi connectivity index (χ2v) is 6.60. The van der Waals surface area contributed by atoms with Crippen molar-refractivity contribution in [3.8, 4) is 6.07 Å². The lowest BCUT2D eigenvalue weighted by atomic mass is 10.1. The number of carbonyl (C=O) groups is 2. The number of nitriles is 1. The van der Waals surface area contributed by atoms with Gasteiger partial charge in [-0.2, -0.15) is 5.26 Å². The maximum atomic E-state index is 14.3. The number of carbonyl (C=O) groups excluding carboxylic acids is 2. The van der Waals surface area contributed by atoms with E-state index in [-0.39, 0.29) is 23.1 Å². The lowest BCUT2D eigenvalue weighted by molar-refractivity contribution is 0.0548. The zero-order valence-electron chi connectivity index (χ0n) is 15.1. The summed E-state index contributed by atoms with van der Waals surface area (Å²) in [7, 11) is 1.44. The number of nitrogens with zero attached hydrogens (tertiary/aromatic N) is 3. The minimum absolute atomic E-state index is 0.0628. The van der Waals surface area contributed by atoms with Crippen LogP contribution in [0.2, 0.25) is 5.15 Å². The molecular formula is C19H16ClFN4O3. The number of pyridine rings is 1. The molecule has 0 bridgehead atoms. The van der Waals surface area contributed by atoms with Crippen molar-refractivity contribution in [3.63, 3.8) is 0 Å². The van der Waals surface area contributed by atoms with Gasteiger partial charge >= 0.3 is 0 Å². The summed E-state index contributed by atoms with van der Waals surface area (Å²) in [5, 5.41) is 11.6. The first-order valence-electron chi connectivity index (χ1n) is 8.37. The number of hydrogen-bond donors (Lipinski definition) is 1. The van der Waals surface area contributed by atoms with Gasteiger partial charge in [0.2, 0.25) is 0 Å². The molecular weight excluding hydrogens is 387 g/mol. The fourth-order valence-electron chi connectivity index (χ4n) is 3.06. The average Bonchev–Trinajstić information content (AvgIpc) is 2.94. The second kappa shape index (κ2) is 7.92. The Balaban J connectivity index is 1.89. The summed E-state index contributed by atoms with van der Waals surface area (Å²) in [5.41, 5.74) is 0.545. The highest BCUT2D eigenvalue weighted by Crippen LogP contribution is 2.27. The Morgan fingerprint density at radius 3 is 2.46 bits per heavy atom. The third-order valence-corrected chi connectivity index (χ3v) is 4.82. The summed E-state index contributed by atoms with van der Waals surface area (Å²) in [5.74, 6) is -1.84. The molecule has 1 N–H and O–H groups in total. The Morgan fingerprint density at radius 1 is 1.32 bits per heavy atom. The zero-order chi connectivity index (χ0) is 20.4. The van der Waals surface area contributed by atoms with Crippen molar-refractivity contribution in [2.24, 2.45) is 0 Å². The molecule has 2 heterocycles. The molecule has 0 aliphatic carbocycles. The first-order valence-corrected chi connectivity index (χ1v) is 8.75. The number of nitrogens with one attached hydrogen (secondary N) is 1. The number of hydrogen-bond acceptors (Lipinski definition) is 6. The average molecular weight is 403 g/mol. The Labute approximate surface area is 165 Å². The van der Waals surface area contributed by atoms with E-state index in [1.807, 2.05) is 0 Å². The maximum Gasteiger partial charge on any atom is 0.261 e. The molecule has 1 aliphatic heterocycles. The molecule has 1 aliphatic rings. The van der Waals surface area contributed by atoms with E-state index in [4.69, 9.17) is 21.6 Å². The largest absolute Gasteiger partial charge is 0.382 e. The third-order valence-electron chi connectivity index (χ3n) is 4.53. The van der Waals surface area contributed by atoms with E-state index in [2.05, 4.69) is 10.3 Å². The number of halogens is 2. The number of amides is 2. The number of rotatable bonds is 6. The van der Waals surface area contributed by atoms with Gasteiger partial charge in [-0.1, -0.05) is 23.7 Å². The van der Waals surface area contributed by atoms with Crippen LogP contribution in [0.5, 0.6) is 0 Å². The van der Waals surface area contributed by atoms with E-state index < -0.39 is 29.7 Å². The van der Waals surface area contributed by atoms with Crippen molar-refractivity contribution >= 4 is 29.2 Å². The number of ether oxygens (including phenoxy) is 1. The summed E-state index contributed by atoms with van der Waals surface area (Å²) < 4.78 is 19.5. The van der Waals surface area contributed by atoms with E-state index in [0.29, 0.717) is 11.1 Å². The fourth-order valence-corrected chi connectivity index (χ4v) is 3.24. The SMILES string of the molecule is COCC(Nc1nc(Cl)c(C#N)cc1F)[C@H](C)N1C(=O)c2ccccc2C1=O. The van der Waals surface area contributed by atoms with Gasteiger partial charge in [-0.3, -0.25) is 14.5 Å². The molecule has 28 heavy (non-hydrogen) atoms. The molecule has 2 amide bonds. The topological polar surface area (TPSA) is 95.3 Å². The number of imide groups is 1. The highest BCUT2D eigenvalue weighted by molar-refractivity contribution is 6.30. The monoisotopic (exact) mass is 402 g/mol. The van der Waals surface area contributed by atoms with Crippen LogP contribution in [0.1, 0.15) is 33.2 Å². The summed E-state index contributed by atoms with van der Waals surface area (Å²) in [6, 6.07) is 7.90. The van der Waals surface area contributed by atoms with Crippen molar-refractivity contribution < 1.29 is 18.7 Å². The predicted molar refractivity (Wildman–Crippen MR) is 99.6 cm³/mol. The van der Waals surface area contributed by atoms with Crippen molar-refractivity contribution in [2.75, 3.05) is 19.0 Å². The zero-order valence-corrected chi connectivity index (χ0v) is 15.8. The molecule has 0 spiro atoms. The predicted octanol–water partition coefficient (Wildman–Crippen LogP) is 2.86. The number of anilines is 1. The van der Waals surface area contributed by atoms with Crippen molar-refractivity contribution in [3.05, 3.63) is 58.0 Å². The Bertz CT molecular complexity index is 957. The van der Waals surface area contributed by atoms with Crippen molar-refractivity contribution in [1.29, 1.82) is 5.26 Å². The molecule has 144 valence electrons. The van der Waals surface area contributed by atoms with Crippen LogP contribution in [0.25, 0.3) is 0 Å². The van der Waals surface area contributed by atoms with E-state index >= 15 is 0 Å². The van der Waals surface area contributed by atoms with E-state index in [1.165, 1.54) is 7.11 Å². The van der Waals surface area contributed by atoms with E-state index in [0.717, 1.165) is 11.0 Å².